The number of carbonyl (C=O) groups is 1. The third-order valence-electron chi connectivity index (χ3n) is 4.24. The standard InChI is InChI=1S/C20H20N4O4/c1-5-28-18(26)14-12(2)23-16-15(14)13(11-24(4)17(16)25)7-8-20(3,27)19-21-9-6-10-22-19/h6,9-11,23,27H,5H2,1-4H3. The Balaban J connectivity index is 2.24. The monoisotopic (exact) mass is 380 g/mol. The van der Waals surface area contributed by atoms with Crippen LogP contribution in [0.2, 0.25) is 0 Å². The molecule has 3 heterocycles. The summed E-state index contributed by atoms with van der Waals surface area (Å²) in [5, 5.41) is 11.0. The number of aliphatic hydroxyl groups is 1. The summed E-state index contributed by atoms with van der Waals surface area (Å²) in [7, 11) is 1.59. The van der Waals surface area contributed by atoms with Crippen molar-refractivity contribution >= 4 is 16.9 Å². The molecule has 3 rings (SSSR count). The molecule has 3 aromatic rings. The highest BCUT2D eigenvalue weighted by atomic mass is 16.5. The number of nitrogens with zero attached hydrogens (tertiary/aromatic N) is 3. The second-order valence-electron chi connectivity index (χ2n) is 6.45. The van der Waals surface area contributed by atoms with E-state index in [2.05, 4.69) is 26.8 Å². The first-order valence-corrected chi connectivity index (χ1v) is 8.68. The summed E-state index contributed by atoms with van der Waals surface area (Å²) in [6, 6.07) is 1.64. The fourth-order valence-electron chi connectivity index (χ4n) is 2.90. The largest absolute Gasteiger partial charge is 0.462 e. The van der Waals surface area contributed by atoms with E-state index < -0.39 is 11.6 Å². The van der Waals surface area contributed by atoms with Gasteiger partial charge in [-0.25, -0.2) is 14.8 Å². The normalized spacial score (nSPS) is 12.9. The molecule has 0 saturated carbocycles. The Morgan fingerprint density at radius 2 is 2.07 bits per heavy atom. The lowest BCUT2D eigenvalue weighted by Gasteiger charge is -2.13. The highest BCUT2D eigenvalue weighted by Crippen LogP contribution is 2.24. The summed E-state index contributed by atoms with van der Waals surface area (Å²) in [6.45, 7) is 5.08. The number of esters is 1. The number of aryl methyl sites for hydroxylation is 2. The van der Waals surface area contributed by atoms with E-state index in [1.54, 1.807) is 27.0 Å². The van der Waals surface area contributed by atoms with Crippen LogP contribution in [0.25, 0.3) is 10.9 Å². The quantitative estimate of drug-likeness (QED) is 0.525. The summed E-state index contributed by atoms with van der Waals surface area (Å²) in [4.78, 5) is 36.0. The molecule has 8 nitrogen and oxygen atoms in total. The Kier molecular flexibility index (Phi) is 5.03. The van der Waals surface area contributed by atoms with E-state index in [4.69, 9.17) is 4.74 Å². The molecule has 0 aliphatic carbocycles. The van der Waals surface area contributed by atoms with Gasteiger partial charge in [0.15, 0.2) is 11.4 Å². The minimum Gasteiger partial charge on any atom is -0.462 e. The molecule has 28 heavy (non-hydrogen) atoms. The van der Waals surface area contributed by atoms with Gasteiger partial charge in [-0.1, -0.05) is 11.8 Å². The van der Waals surface area contributed by atoms with Crippen LogP contribution in [-0.2, 0) is 17.4 Å². The number of pyridine rings is 1. The van der Waals surface area contributed by atoms with E-state index in [1.807, 2.05) is 0 Å². The van der Waals surface area contributed by atoms with Crippen LogP contribution in [0.4, 0.5) is 0 Å². The molecule has 0 spiro atoms. The predicted octanol–water partition coefficient (Wildman–Crippen LogP) is 1.40. The molecule has 3 aromatic heterocycles. The van der Waals surface area contributed by atoms with Gasteiger partial charge in [-0.05, 0) is 26.8 Å². The number of rotatable bonds is 3. The zero-order valence-electron chi connectivity index (χ0n) is 16.0. The van der Waals surface area contributed by atoms with Crippen molar-refractivity contribution in [3.8, 4) is 11.8 Å². The van der Waals surface area contributed by atoms with E-state index in [0.717, 1.165) is 0 Å². The van der Waals surface area contributed by atoms with Crippen molar-refractivity contribution in [3.63, 3.8) is 0 Å². The van der Waals surface area contributed by atoms with Gasteiger partial charge in [-0.15, -0.1) is 0 Å². The predicted molar refractivity (Wildman–Crippen MR) is 103 cm³/mol. The fraction of sp³-hybridized carbons (Fsp3) is 0.300. The number of aromatic nitrogens is 4. The maximum absolute atomic E-state index is 12.5. The minimum atomic E-state index is -1.61. The van der Waals surface area contributed by atoms with E-state index in [1.165, 1.54) is 30.1 Å². The van der Waals surface area contributed by atoms with Crippen LogP contribution in [0.3, 0.4) is 0 Å². The molecule has 2 N–H and O–H groups in total. The van der Waals surface area contributed by atoms with Gasteiger partial charge < -0.3 is 19.4 Å². The molecule has 144 valence electrons. The molecule has 1 unspecified atom stereocenters. The molecular formula is C20H20N4O4. The van der Waals surface area contributed by atoms with Gasteiger partial charge in [0.25, 0.3) is 5.56 Å². The minimum absolute atomic E-state index is 0.152. The molecule has 0 aliphatic rings. The second kappa shape index (κ2) is 7.29. The zero-order valence-corrected chi connectivity index (χ0v) is 16.0. The average molecular weight is 380 g/mol. The Labute approximate surface area is 161 Å². The van der Waals surface area contributed by atoms with Crippen molar-refractivity contribution in [1.29, 1.82) is 0 Å². The topological polar surface area (TPSA) is 110 Å². The van der Waals surface area contributed by atoms with Gasteiger partial charge in [0.1, 0.15) is 5.52 Å². The Morgan fingerprint density at radius 1 is 1.39 bits per heavy atom. The first-order valence-electron chi connectivity index (χ1n) is 8.68. The van der Waals surface area contributed by atoms with Crippen LogP contribution >= 0.6 is 0 Å². The molecule has 0 aromatic carbocycles. The number of hydrogen-bond acceptors (Lipinski definition) is 6. The third kappa shape index (κ3) is 3.40. The van der Waals surface area contributed by atoms with Gasteiger partial charge >= 0.3 is 5.97 Å². The Morgan fingerprint density at radius 3 is 2.71 bits per heavy atom. The van der Waals surface area contributed by atoms with E-state index in [9.17, 15) is 14.7 Å². The van der Waals surface area contributed by atoms with E-state index in [-0.39, 0.29) is 29.1 Å². The summed E-state index contributed by atoms with van der Waals surface area (Å²) < 4.78 is 6.50. The van der Waals surface area contributed by atoms with Gasteiger partial charge in [-0.2, -0.15) is 0 Å². The lowest BCUT2D eigenvalue weighted by molar-refractivity contribution is 0.0528. The maximum atomic E-state index is 12.5. The molecule has 0 saturated heterocycles. The number of carbonyl (C=O) groups excluding carboxylic acids is 1. The van der Waals surface area contributed by atoms with Crippen molar-refractivity contribution in [2.24, 2.45) is 7.05 Å². The Bertz CT molecular complexity index is 1160. The van der Waals surface area contributed by atoms with Crippen LogP contribution in [0.5, 0.6) is 0 Å². The van der Waals surface area contributed by atoms with Gasteiger partial charge in [0.05, 0.1) is 17.7 Å². The van der Waals surface area contributed by atoms with Crippen LogP contribution in [0.15, 0.2) is 29.5 Å². The molecule has 0 bridgehead atoms. The van der Waals surface area contributed by atoms with Crippen molar-refractivity contribution in [3.05, 3.63) is 57.7 Å². The van der Waals surface area contributed by atoms with Crippen LogP contribution in [-0.4, -0.2) is 37.2 Å². The highest BCUT2D eigenvalue weighted by molar-refractivity contribution is 6.07. The van der Waals surface area contributed by atoms with Crippen LogP contribution < -0.4 is 5.56 Å². The van der Waals surface area contributed by atoms with Crippen molar-refractivity contribution < 1.29 is 14.6 Å². The van der Waals surface area contributed by atoms with Crippen molar-refractivity contribution in [1.82, 2.24) is 19.5 Å². The summed E-state index contributed by atoms with van der Waals surface area (Å²) in [5.41, 5.74) is -0.478. The molecule has 0 radical (unpaired) electrons. The molecule has 1 atom stereocenters. The zero-order chi connectivity index (χ0) is 20.5. The number of nitrogens with one attached hydrogen (secondary N) is 1. The molecule has 8 heteroatoms. The van der Waals surface area contributed by atoms with E-state index in [0.29, 0.717) is 16.6 Å². The second-order valence-corrected chi connectivity index (χ2v) is 6.45. The average Bonchev–Trinajstić information content (AvgIpc) is 3.02. The maximum Gasteiger partial charge on any atom is 0.340 e. The van der Waals surface area contributed by atoms with Crippen LogP contribution in [0.1, 0.15) is 41.3 Å². The first kappa shape index (κ1) is 19.3. The molecule has 0 aliphatic heterocycles. The van der Waals surface area contributed by atoms with Crippen molar-refractivity contribution in [2.75, 3.05) is 6.61 Å². The first-order chi connectivity index (χ1) is 13.3. The van der Waals surface area contributed by atoms with E-state index >= 15 is 0 Å². The molecular weight excluding hydrogens is 360 g/mol. The molecule has 0 amide bonds. The summed E-state index contributed by atoms with van der Waals surface area (Å²) in [5.74, 6) is 5.23. The third-order valence-corrected chi connectivity index (χ3v) is 4.24. The summed E-state index contributed by atoms with van der Waals surface area (Å²) >= 11 is 0. The highest BCUT2D eigenvalue weighted by Gasteiger charge is 2.25. The number of fused-ring (bicyclic) bond motifs is 1. The van der Waals surface area contributed by atoms with Crippen molar-refractivity contribution in [2.45, 2.75) is 26.4 Å². The number of ether oxygens (including phenoxy) is 1. The van der Waals surface area contributed by atoms with Gasteiger partial charge in [0.2, 0.25) is 0 Å². The van der Waals surface area contributed by atoms with Gasteiger partial charge in [0, 0.05) is 36.7 Å². The number of hydrogen-bond donors (Lipinski definition) is 2. The summed E-state index contributed by atoms with van der Waals surface area (Å²) in [6.07, 6.45) is 4.55. The SMILES string of the molecule is CCOC(=O)c1c(C)[nH]c2c(=O)n(C)cc(C#CC(C)(O)c3ncccn3)c12. The molecule has 0 fully saturated rings. The van der Waals surface area contributed by atoms with Crippen LogP contribution in [0, 0.1) is 18.8 Å². The Hall–Kier alpha value is -3.44. The lowest BCUT2D eigenvalue weighted by Crippen LogP contribution is -2.22. The fourth-order valence-corrected chi connectivity index (χ4v) is 2.90. The number of H-pyrrole nitrogens is 1. The smallest absolute Gasteiger partial charge is 0.340 e. The van der Waals surface area contributed by atoms with Gasteiger partial charge in [-0.3, -0.25) is 4.79 Å². The lowest BCUT2D eigenvalue weighted by atomic mass is 10.0. The number of aromatic amines is 1.